The van der Waals surface area contributed by atoms with Crippen molar-refractivity contribution in [2.75, 3.05) is 20.6 Å². The molecule has 1 amide bonds. The second kappa shape index (κ2) is 9.19. The fourth-order valence-electron chi connectivity index (χ4n) is 2.79. The smallest absolute Gasteiger partial charge is 0.404 e. The van der Waals surface area contributed by atoms with Crippen LogP contribution in [0.1, 0.15) is 22.5 Å². The van der Waals surface area contributed by atoms with Gasteiger partial charge in [-0.3, -0.25) is 4.68 Å². The zero-order valence-electron chi connectivity index (χ0n) is 16.8. The van der Waals surface area contributed by atoms with Gasteiger partial charge >= 0.3 is 6.09 Å². The van der Waals surface area contributed by atoms with E-state index in [4.69, 9.17) is 5.11 Å². The second-order valence-corrected chi connectivity index (χ2v) is 8.90. The quantitative estimate of drug-likeness (QED) is 0.677. The van der Waals surface area contributed by atoms with Gasteiger partial charge in [-0.1, -0.05) is 12.1 Å². The van der Waals surface area contributed by atoms with Crippen LogP contribution in [0, 0.1) is 13.8 Å². The van der Waals surface area contributed by atoms with Crippen LogP contribution in [0.2, 0.25) is 0 Å². The minimum absolute atomic E-state index is 0.0893. The number of nitrogens with zero attached hydrogens (tertiary/aromatic N) is 3. The van der Waals surface area contributed by atoms with E-state index < -0.39 is 21.9 Å². The summed E-state index contributed by atoms with van der Waals surface area (Å²) < 4.78 is 41.0. The van der Waals surface area contributed by atoms with Gasteiger partial charge in [0.05, 0.1) is 17.1 Å². The number of aromatic nitrogens is 2. The standard InChI is InChI=1S/C19H25FN4O4S/c1-13-18(11-15-5-7-17(8-6-15)29(27,28)23(3)4)14(2)24(22-13)12-16(20)9-10-21-19(25)26/h5-9,21H,10-12H2,1-4H3,(H,25,26)/b16-9-. The Kier molecular flexibility index (Phi) is 7.15. The zero-order chi connectivity index (χ0) is 21.8. The number of rotatable bonds is 8. The van der Waals surface area contributed by atoms with Gasteiger partial charge in [-0.25, -0.2) is 21.9 Å². The number of aryl methyl sites for hydroxylation is 1. The van der Waals surface area contributed by atoms with Crippen LogP contribution in [0.15, 0.2) is 41.1 Å². The predicted molar refractivity (Wildman–Crippen MR) is 107 cm³/mol. The fraction of sp³-hybridized carbons (Fsp3) is 0.368. The molecule has 1 heterocycles. The normalized spacial score (nSPS) is 12.4. The summed E-state index contributed by atoms with van der Waals surface area (Å²) in [4.78, 5) is 10.6. The third kappa shape index (κ3) is 5.64. The summed E-state index contributed by atoms with van der Waals surface area (Å²) in [6.45, 7) is 3.46. The Balaban J connectivity index is 2.15. The van der Waals surface area contributed by atoms with E-state index in [2.05, 4.69) is 10.4 Å². The van der Waals surface area contributed by atoms with E-state index in [1.54, 1.807) is 24.3 Å². The van der Waals surface area contributed by atoms with Crippen molar-refractivity contribution in [2.45, 2.75) is 31.7 Å². The Labute approximate surface area is 169 Å². The number of benzene rings is 1. The average molecular weight is 424 g/mol. The van der Waals surface area contributed by atoms with Gasteiger partial charge in [-0.05, 0) is 37.6 Å². The lowest BCUT2D eigenvalue weighted by atomic mass is 10.0. The predicted octanol–water partition coefficient (Wildman–Crippen LogP) is 2.46. The molecule has 0 saturated carbocycles. The van der Waals surface area contributed by atoms with Crippen LogP contribution in [0.5, 0.6) is 0 Å². The first kappa shape index (κ1) is 22.6. The Morgan fingerprint density at radius 2 is 1.90 bits per heavy atom. The number of amides is 1. The summed E-state index contributed by atoms with van der Waals surface area (Å²) in [6.07, 6.45) is 0.479. The third-order valence-corrected chi connectivity index (χ3v) is 6.32. The Morgan fingerprint density at radius 3 is 2.45 bits per heavy atom. The number of hydrogen-bond donors (Lipinski definition) is 2. The molecule has 0 radical (unpaired) electrons. The van der Waals surface area contributed by atoms with Gasteiger partial charge in [0.25, 0.3) is 0 Å². The minimum atomic E-state index is -3.48. The Bertz CT molecular complexity index is 1010. The summed E-state index contributed by atoms with van der Waals surface area (Å²) >= 11 is 0. The van der Waals surface area contributed by atoms with Gasteiger partial charge in [0.1, 0.15) is 5.83 Å². The summed E-state index contributed by atoms with van der Waals surface area (Å²) in [5.74, 6) is -0.492. The molecule has 8 nitrogen and oxygen atoms in total. The van der Waals surface area contributed by atoms with Crippen molar-refractivity contribution in [3.63, 3.8) is 0 Å². The van der Waals surface area contributed by atoms with Gasteiger partial charge in [-0.15, -0.1) is 0 Å². The molecule has 1 aromatic carbocycles. The molecular formula is C19H25FN4O4S. The van der Waals surface area contributed by atoms with Crippen molar-refractivity contribution in [1.82, 2.24) is 19.4 Å². The molecule has 0 unspecified atom stereocenters. The molecule has 1 aromatic heterocycles. The number of allylic oxidation sites excluding steroid dienone is 1. The van der Waals surface area contributed by atoms with Crippen LogP contribution < -0.4 is 5.32 Å². The lowest BCUT2D eigenvalue weighted by Gasteiger charge is -2.11. The summed E-state index contributed by atoms with van der Waals surface area (Å²) in [7, 11) is -0.515. The topological polar surface area (TPSA) is 105 Å². The molecule has 29 heavy (non-hydrogen) atoms. The third-order valence-electron chi connectivity index (χ3n) is 4.49. The highest BCUT2D eigenvalue weighted by Gasteiger charge is 2.17. The van der Waals surface area contributed by atoms with Gasteiger partial charge in [-0.2, -0.15) is 5.10 Å². The van der Waals surface area contributed by atoms with Crippen LogP contribution >= 0.6 is 0 Å². The van der Waals surface area contributed by atoms with E-state index in [-0.39, 0.29) is 18.0 Å². The molecule has 2 aromatic rings. The molecule has 0 fully saturated rings. The molecule has 2 N–H and O–H groups in total. The van der Waals surface area contributed by atoms with Crippen molar-refractivity contribution in [1.29, 1.82) is 0 Å². The molecule has 10 heteroatoms. The molecule has 158 valence electrons. The van der Waals surface area contributed by atoms with Crippen molar-refractivity contribution in [3.8, 4) is 0 Å². The molecule has 0 atom stereocenters. The molecule has 0 aliphatic heterocycles. The van der Waals surface area contributed by atoms with Crippen LogP contribution in [0.4, 0.5) is 9.18 Å². The van der Waals surface area contributed by atoms with Crippen LogP contribution in [-0.4, -0.2) is 54.3 Å². The highest BCUT2D eigenvalue weighted by molar-refractivity contribution is 7.89. The van der Waals surface area contributed by atoms with Crippen LogP contribution in [-0.2, 0) is 23.0 Å². The highest BCUT2D eigenvalue weighted by atomic mass is 32.2. The molecular weight excluding hydrogens is 399 g/mol. The Hall–Kier alpha value is -2.72. The van der Waals surface area contributed by atoms with Crippen LogP contribution in [0.25, 0.3) is 0 Å². The van der Waals surface area contributed by atoms with Gasteiger partial charge in [0.15, 0.2) is 0 Å². The fourth-order valence-corrected chi connectivity index (χ4v) is 3.70. The number of nitrogens with one attached hydrogen (secondary N) is 1. The number of sulfonamides is 1. The maximum atomic E-state index is 14.0. The van der Waals surface area contributed by atoms with E-state index in [0.29, 0.717) is 6.42 Å². The first-order valence-corrected chi connectivity index (χ1v) is 10.3. The SMILES string of the molecule is Cc1nn(C/C(F)=C/CNC(=O)O)c(C)c1Cc1ccc(S(=O)(=O)N(C)C)cc1. The van der Waals surface area contributed by atoms with E-state index in [0.717, 1.165) is 32.9 Å². The largest absolute Gasteiger partial charge is 0.465 e. The van der Waals surface area contributed by atoms with Crippen molar-refractivity contribution >= 4 is 16.1 Å². The number of hydrogen-bond acceptors (Lipinski definition) is 4. The minimum Gasteiger partial charge on any atom is -0.465 e. The number of carboxylic acid groups (broad SMARTS) is 1. The summed E-state index contributed by atoms with van der Waals surface area (Å²) in [5.41, 5.74) is 3.39. The average Bonchev–Trinajstić information content (AvgIpc) is 2.89. The molecule has 0 aliphatic rings. The number of halogens is 1. The first-order chi connectivity index (χ1) is 13.5. The van der Waals surface area contributed by atoms with Crippen LogP contribution in [0.3, 0.4) is 0 Å². The monoisotopic (exact) mass is 424 g/mol. The molecule has 0 saturated heterocycles. The lowest BCUT2D eigenvalue weighted by Crippen LogP contribution is -2.22. The van der Waals surface area contributed by atoms with E-state index >= 15 is 0 Å². The highest BCUT2D eigenvalue weighted by Crippen LogP contribution is 2.21. The molecule has 0 aliphatic carbocycles. The van der Waals surface area contributed by atoms with Crippen molar-refractivity contribution in [2.24, 2.45) is 0 Å². The second-order valence-electron chi connectivity index (χ2n) is 6.75. The van der Waals surface area contributed by atoms with Gasteiger partial charge < -0.3 is 10.4 Å². The van der Waals surface area contributed by atoms with E-state index in [1.165, 1.54) is 18.8 Å². The summed E-state index contributed by atoms with van der Waals surface area (Å²) in [6, 6.07) is 6.64. The van der Waals surface area contributed by atoms with E-state index in [1.807, 2.05) is 13.8 Å². The molecule has 0 spiro atoms. The molecule has 2 rings (SSSR count). The number of carbonyl (C=O) groups is 1. The Morgan fingerprint density at radius 1 is 1.28 bits per heavy atom. The zero-order valence-corrected chi connectivity index (χ0v) is 17.6. The van der Waals surface area contributed by atoms with Crippen molar-refractivity contribution in [3.05, 3.63) is 58.7 Å². The maximum Gasteiger partial charge on any atom is 0.404 e. The van der Waals surface area contributed by atoms with Gasteiger partial charge in [0.2, 0.25) is 10.0 Å². The van der Waals surface area contributed by atoms with Gasteiger partial charge in [0, 0.05) is 38.3 Å². The first-order valence-electron chi connectivity index (χ1n) is 8.88. The summed E-state index contributed by atoms with van der Waals surface area (Å²) in [5, 5.41) is 15.0. The maximum absolute atomic E-state index is 14.0. The lowest BCUT2D eigenvalue weighted by molar-refractivity contribution is 0.195. The molecule has 0 bridgehead atoms. The van der Waals surface area contributed by atoms with Crippen molar-refractivity contribution < 1.29 is 22.7 Å². The van der Waals surface area contributed by atoms with E-state index in [9.17, 15) is 17.6 Å².